The number of benzene rings is 1. The van der Waals surface area contributed by atoms with E-state index in [1.165, 1.54) is 7.11 Å². The molecule has 2 aromatic heterocycles. The molecule has 1 aliphatic rings. The number of ether oxygens (including phenoxy) is 1. The molecule has 3 heterocycles. The number of amides is 1. The first-order valence-electron chi connectivity index (χ1n) is 9.30. The highest BCUT2D eigenvalue weighted by molar-refractivity contribution is 6.33. The van der Waals surface area contributed by atoms with Crippen molar-refractivity contribution in [3.8, 4) is 0 Å². The maximum atomic E-state index is 12.8. The Balaban J connectivity index is 1.49. The van der Waals surface area contributed by atoms with Crippen molar-refractivity contribution in [3.63, 3.8) is 0 Å². The lowest BCUT2D eigenvalue weighted by molar-refractivity contribution is -0.120. The maximum absolute atomic E-state index is 12.8. The number of anilines is 2. The first-order valence-corrected chi connectivity index (χ1v) is 9.68. The lowest BCUT2D eigenvalue weighted by Crippen LogP contribution is -2.41. The highest BCUT2D eigenvalue weighted by Gasteiger charge is 2.28. The van der Waals surface area contributed by atoms with Crippen LogP contribution in [-0.2, 0) is 9.53 Å². The summed E-state index contributed by atoms with van der Waals surface area (Å²) < 4.78 is 6.56. The zero-order valence-corrected chi connectivity index (χ0v) is 16.6. The number of aromatic nitrogens is 3. The van der Waals surface area contributed by atoms with Crippen LogP contribution in [0, 0.1) is 5.92 Å². The van der Waals surface area contributed by atoms with Gasteiger partial charge in [-0.15, -0.1) is 10.2 Å². The molecule has 8 nitrogen and oxygen atoms in total. The van der Waals surface area contributed by atoms with Crippen molar-refractivity contribution in [2.45, 2.75) is 12.8 Å². The lowest BCUT2D eigenvalue weighted by Gasteiger charge is -2.32. The number of nitrogens with zero attached hydrogens (tertiary/aromatic N) is 4. The summed E-state index contributed by atoms with van der Waals surface area (Å²) in [6.07, 6.45) is 3.49. The van der Waals surface area contributed by atoms with Crippen LogP contribution in [0.15, 0.2) is 42.6 Å². The number of nitrogens with one attached hydrogen (secondary N) is 1. The van der Waals surface area contributed by atoms with E-state index in [1.54, 1.807) is 30.3 Å². The summed E-state index contributed by atoms with van der Waals surface area (Å²) in [6, 6.07) is 10.3. The number of carbonyl (C=O) groups is 2. The Bertz CT molecular complexity index is 1070. The summed E-state index contributed by atoms with van der Waals surface area (Å²) in [7, 11) is 1.32. The number of hydrogen-bond acceptors (Lipinski definition) is 6. The molecule has 0 bridgehead atoms. The minimum atomic E-state index is -0.442. The maximum Gasteiger partial charge on any atom is 0.337 e. The van der Waals surface area contributed by atoms with Crippen molar-refractivity contribution in [1.82, 2.24) is 14.6 Å². The number of carbonyl (C=O) groups excluding carboxylic acids is 2. The molecule has 150 valence electrons. The van der Waals surface area contributed by atoms with E-state index in [4.69, 9.17) is 16.3 Å². The van der Waals surface area contributed by atoms with Crippen molar-refractivity contribution in [3.05, 3.63) is 53.2 Å². The lowest BCUT2D eigenvalue weighted by atomic mass is 9.97. The van der Waals surface area contributed by atoms with Crippen LogP contribution in [0.25, 0.3) is 5.65 Å². The molecule has 0 saturated carbocycles. The number of pyridine rings is 1. The van der Waals surface area contributed by atoms with Gasteiger partial charge in [0.05, 0.1) is 23.6 Å². The second kappa shape index (κ2) is 8.08. The predicted molar refractivity (Wildman–Crippen MR) is 109 cm³/mol. The van der Waals surface area contributed by atoms with Crippen molar-refractivity contribution in [2.24, 2.45) is 5.92 Å². The Morgan fingerprint density at radius 2 is 2.10 bits per heavy atom. The molecule has 3 aromatic rings. The molecule has 0 aliphatic carbocycles. The number of piperidine rings is 1. The van der Waals surface area contributed by atoms with Crippen LogP contribution in [0.1, 0.15) is 23.2 Å². The number of halogens is 1. The van der Waals surface area contributed by atoms with Crippen molar-refractivity contribution >= 4 is 40.8 Å². The van der Waals surface area contributed by atoms with E-state index in [1.807, 2.05) is 16.7 Å². The fraction of sp³-hybridized carbons (Fsp3) is 0.300. The fourth-order valence-corrected chi connectivity index (χ4v) is 3.75. The smallest absolute Gasteiger partial charge is 0.337 e. The highest BCUT2D eigenvalue weighted by atomic mass is 35.5. The molecule has 9 heteroatoms. The molecule has 1 fully saturated rings. The number of fused-ring (bicyclic) bond motifs is 1. The molecule has 0 spiro atoms. The van der Waals surface area contributed by atoms with Crippen LogP contribution >= 0.6 is 11.6 Å². The van der Waals surface area contributed by atoms with Crippen LogP contribution in [0.3, 0.4) is 0 Å². The third kappa shape index (κ3) is 3.88. The zero-order valence-electron chi connectivity index (χ0n) is 15.8. The average Bonchev–Trinajstić information content (AvgIpc) is 3.19. The van der Waals surface area contributed by atoms with E-state index < -0.39 is 5.97 Å². The van der Waals surface area contributed by atoms with Crippen molar-refractivity contribution < 1.29 is 14.3 Å². The molecule has 1 aromatic carbocycles. The van der Waals surface area contributed by atoms with E-state index in [9.17, 15) is 9.59 Å². The van der Waals surface area contributed by atoms with Crippen LogP contribution in [0.5, 0.6) is 0 Å². The van der Waals surface area contributed by atoms with Gasteiger partial charge in [-0.1, -0.05) is 17.7 Å². The van der Waals surface area contributed by atoms with Crippen molar-refractivity contribution in [1.29, 1.82) is 0 Å². The van der Waals surface area contributed by atoms with Gasteiger partial charge in [-0.25, -0.2) is 4.79 Å². The second-order valence-electron chi connectivity index (χ2n) is 6.90. The van der Waals surface area contributed by atoms with Gasteiger partial charge in [0, 0.05) is 25.0 Å². The van der Waals surface area contributed by atoms with Crippen LogP contribution < -0.4 is 10.2 Å². The summed E-state index contributed by atoms with van der Waals surface area (Å²) in [5.41, 5.74) is 1.55. The van der Waals surface area contributed by atoms with Gasteiger partial charge in [0.2, 0.25) is 11.9 Å². The fourth-order valence-electron chi connectivity index (χ4n) is 3.55. The standard InChI is InChI=1S/C20H20ClN5O3/c1-29-19(28)13-5-2-7-15(11-13)22-18(27)14-6-3-9-25(12-14)20-24-23-17-16(21)8-4-10-26(17)20/h2,4-5,7-8,10-11,14H,3,6,9,12H2,1H3,(H,22,27). The minimum Gasteiger partial charge on any atom is -0.465 e. The van der Waals surface area contributed by atoms with Gasteiger partial charge in [0.1, 0.15) is 0 Å². The molecular formula is C20H20ClN5O3. The molecule has 1 unspecified atom stereocenters. The van der Waals surface area contributed by atoms with Gasteiger partial charge >= 0.3 is 5.97 Å². The van der Waals surface area contributed by atoms with Gasteiger partial charge in [0.25, 0.3) is 0 Å². The van der Waals surface area contributed by atoms with Crippen LogP contribution in [0.4, 0.5) is 11.6 Å². The Labute approximate surface area is 172 Å². The van der Waals surface area contributed by atoms with E-state index >= 15 is 0 Å². The van der Waals surface area contributed by atoms with Crippen molar-refractivity contribution in [2.75, 3.05) is 30.4 Å². The molecule has 1 amide bonds. The summed E-state index contributed by atoms with van der Waals surface area (Å²) in [4.78, 5) is 26.6. The van der Waals surface area contributed by atoms with Gasteiger partial charge < -0.3 is 15.0 Å². The minimum absolute atomic E-state index is 0.0939. The number of methoxy groups -OCH3 is 1. The Morgan fingerprint density at radius 1 is 1.24 bits per heavy atom. The van der Waals surface area contributed by atoms with E-state index in [0.29, 0.717) is 34.4 Å². The van der Waals surface area contributed by atoms with Gasteiger partial charge in [-0.2, -0.15) is 0 Å². The SMILES string of the molecule is COC(=O)c1cccc(NC(=O)C2CCCN(c3nnc4c(Cl)cccn34)C2)c1. The van der Waals surface area contributed by atoms with Gasteiger partial charge in [-0.3, -0.25) is 9.20 Å². The summed E-state index contributed by atoms with van der Waals surface area (Å²) in [5.74, 6) is -0.0735. The normalized spacial score (nSPS) is 16.6. The first kappa shape index (κ1) is 19.2. The molecule has 1 atom stereocenters. The summed E-state index contributed by atoms with van der Waals surface area (Å²) in [5, 5.41) is 11.9. The Hall–Kier alpha value is -3.13. The molecular weight excluding hydrogens is 394 g/mol. The van der Waals surface area contributed by atoms with E-state index in [-0.39, 0.29) is 11.8 Å². The van der Waals surface area contributed by atoms with Gasteiger partial charge in [-0.05, 0) is 43.2 Å². The quantitative estimate of drug-likeness (QED) is 0.661. The summed E-state index contributed by atoms with van der Waals surface area (Å²) in [6.45, 7) is 1.31. The highest BCUT2D eigenvalue weighted by Crippen LogP contribution is 2.25. The molecule has 1 aliphatic heterocycles. The predicted octanol–water partition coefficient (Wildman–Crippen LogP) is 3.02. The van der Waals surface area contributed by atoms with E-state index in [2.05, 4.69) is 20.4 Å². The number of hydrogen-bond donors (Lipinski definition) is 1. The Morgan fingerprint density at radius 3 is 2.93 bits per heavy atom. The van der Waals surface area contributed by atoms with Gasteiger partial charge in [0.15, 0.2) is 5.65 Å². The molecule has 1 saturated heterocycles. The monoisotopic (exact) mass is 413 g/mol. The molecule has 29 heavy (non-hydrogen) atoms. The number of esters is 1. The zero-order chi connectivity index (χ0) is 20.4. The third-order valence-electron chi connectivity index (χ3n) is 5.00. The first-order chi connectivity index (χ1) is 14.1. The third-order valence-corrected chi connectivity index (χ3v) is 5.29. The Kier molecular flexibility index (Phi) is 5.35. The molecule has 0 radical (unpaired) electrons. The number of rotatable bonds is 4. The molecule has 1 N–H and O–H groups in total. The van der Waals surface area contributed by atoms with Crippen LogP contribution in [0.2, 0.25) is 5.02 Å². The van der Waals surface area contributed by atoms with Crippen LogP contribution in [-0.4, -0.2) is 46.7 Å². The van der Waals surface area contributed by atoms with E-state index in [0.717, 1.165) is 19.4 Å². The second-order valence-corrected chi connectivity index (χ2v) is 7.30. The largest absolute Gasteiger partial charge is 0.465 e. The molecule has 4 rings (SSSR count). The topological polar surface area (TPSA) is 88.8 Å². The average molecular weight is 414 g/mol. The summed E-state index contributed by atoms with van der Waals surface area (Å²) >= 11 is 6.19.